The molecule has 2 amide bonds. The topological polar surface area (TPSA) is 130 Å². The van der Waals surface area contributed by atoms with Crippen molar-refractivity contribution in [2.75, 3.05) is 18.4 Å². The molecule has 0 atom stereocenters. The van der Waals surface area contributed by atoms with Crippen LogP contribution in [0.25, 0.3) is 11.4 Å². The zero-order valence-electron chi connectivity index (χ0n) is 19.8. The average molecular weight is 520 g/mol. The van der Waals surface area contributed by atoms with Crippen molar-refractivity contribution in [3.63, 3.8) is 0 Å². The van der Waals surface area contributed by atoms with Gasteiger partial charge in [0.1, 0.15) is 10.5 Å². The van der Waals surface area contributed by atoms with Crippen molar-refractivity contribution in [1.29, 1.82) is 0 Å². The number of H-pyrrole nitrogens is 1. The van der Waals surface area contributed by atoms with Crippen molar-refractivity contribution in [2.24, 2.45) is 0 Å². The lowest BCUT2D eigenvalue weighted by molar-refractivity contribution is 0.0204. The van der Waals surface area contributed by atoms with E-state index in [2.05, 4.69) is 25.0 Å². The third-order valence-electron chi connectivity index (χ3n) is 5.44. The molecule has 1 saturated heterocycles. The number of anilines is 1. The van der Waals surface area contributed by atoms with Gasteiger partial charge in [-0.3, -0.25) is 14.3 Å². The third-order valence-corrected chi connectivity index (χ3v) is 6.99. The number of piperidine rings is 1. The van der Waals surface area contributed by atoms with Crippen LogP contribution in [0.4, 0.5) is 10.5 Å². The van der Waals surface area contributed by atoms with Crippen LogP contribution in [-0.4, -0.2) is 50.7 Å². The highest BCUT2D eigenvalue weighted by molar-refractivity contribution is 7.14. The van der Waals surface area contributed by atoms with E-state index in [9.17, 15) is 14.4 Å². The molecule has 35 heavy (non-hydrogen) atoms. The summed E-state index contributed by atoms with van der Waals surface area (Å²) in [5, 5.41) is 7.82. The summed E-state index contributed by atoms with van der Waals surface area (Å²) in [6.07, 6.45) is 1.17. The van der Waals surface area contributed by atoms with Gasteiger partial charge in [-0.1, -0.05) is 16.8 Å². The van der Waals surface area contributed by atoms with Gasteiger partial charge in [0, 0.05) is 29.6 Å². The first-order valence-corrected chi connectivity index (χ1v) is 12.3. The first-order valence-electron chi connectivity index (χ1n) is 11.1. The van der Waals surface area contributed by atoms with Crippen LogP contribution in [0.15, 0.2) is 27.5 Å². The Kier molecular flexibility index (Phi) is 7.00. The number of aryl methyl sites for hydroxylation is 1. The van der Waals surface area contributed by atoms with Crippen LogP contribution in [0.2, 0.25) is 5.02 Å². The maximum atomic E-state index is 13.1. The van der Waals surface area contributed by atoms with Crippen LogP contribution in [0, 0.1) is 6.92 Å². The van der Waals surface area contributed by atoms with Crippen molar-refractivity contribution < 1.29 is 18.8 Å². The van der Waals surface area contributed by atoms with Crippen LogP contribution in [0.5, 0.6) is 0 Å². The molecule has 0 unspecified atom stereocenters. The van der Waals surface area contributed by atoms with E-state index in [1.54, 1.807) is 30.0 Å². The Morgan fingerprint density at radius 1 is 1.29 bits per heavy atom. The SMILES string of the molecule is Cc1nc(C2CCN(C(=O)OC(C)(C)C)CC2)sc1C(=O)Nc1cc(Cl)ccc1-c1noc(=O)[nH]1. The predicted molar refractivity (Wildman–Crippen MR) is 132 cm³/mol. The number of thiazole rings is 1. The molecule has 0 bridgehead atoms. The van der Waals surface area contributed by atoms with Gasteiger partial charge in [0.05, 0.1) is 16.4 Å². The molecular formula is C23H26ClN5O5S. The van der Waals surface area contributed by atoms with E-state index in [1.165, 1.54) is 11.3 Å². The molecular weight excluding hydrogens is 494 g/mol. The number of hydrogen-bond acceptors (Lipinski definition) is 8. The normalized spacial score (nSPS) is 14.7. The Labute approximate surface area is 210 Å². The van der Waals surface area contributed by atoms with Crippen LogP contribution in [-0.2, 0) is 4.74 Å². The largest absolute Gasteiger partial charge is 0.444 e. The molecule has 10 nitrogen and oxygen atoms in total. The Morgan fingerprint density at radius 3 is 2.63 bits per heavy atom. The summed E-state index contributed by atoms with van der Waals surface area (Å²) >= 11 is 7.47. The molecule has 1 aliphatic rings. The highest BCUT2D eigenvalue weighted by Gasteiger charge is 2.30. The quantitative estimate of drug-likeness (QED) is 0.505. The maximum absolute atomic E-state index is 13.1. The molecule has 3 heterocycles. The molecule has 2 N–H and O–H groups in total. The molecule has 186 valence electrons. The number of ether oxygens (including phenoxy) is 1. The summed E-state index contributed by atoms with van der Waals surface area (Å²) in [4.78, 5) is 46.2. The summed E-state index contributed by atoms with van der Waals surface area (Å²) < 4.78 is 10.0. The van der Waals surface area contributed by atoms with Gasteiger partial charge in [-0.05, 0) is 58.7 Å². The number of hydrogen-bond donors (Lipinski definition) is 2. The molecule has 12 heteroatoms. The smallest absolute Gasteiger partial charge is 0.439 e. The molecule has 1 aromatic carbocycles. The van der Waals surface area contributed by atoms with Crippen LogP contribution in [0.3, 0.4) is 0 Å². The second-order valence-electron chi connectivity index (χ2n) is 9.30. The molecule has 1 fully saturated rings. The minimum absolute atomic E-state index is 0.154. The lowest BCUT2D eigenvalue weighted by atomic mass is 9.98. The number of rotatable bonds is 4. The van der Waals surface area contributed by atoms with Crippen molar-refractivity contribution in [1.82, 2.24) is 20.0 Å². The third kappa shape index (κ3) is 5.91. The molecule has 2 aromatic heterocycles. The summed E-state index contributed by atoms with van der Waals surface area (Å²) in [5.41, 5.74) is 0.933. The Balaban J connectivity index is 1.46. The van der Waals surface area contributed by atoms with E-state index in [0.717, 1.165) is 17.8 Å². The van der Waals surface area contributed by atoms with E-state index >= 15 is 0 Å². The van der Waals surface area contributed by atoms with Crippen LogP contribution < -0.4 is 11.1 Å². The number of carbonyl (C=O) groups excluding carboxylic acids is 2. The summed E-state index contributed by atoms with van der Waals surface area (Å²) in [6, 6.07) is 4.83. The van der Waals surface area contributed by atoms with Gasteiger partial charge in [-0.15, -0.1) is 11.3 Å². The van der Waals surface area contributed by atoms with Crippen molar-refractivity contribution in [2.45, 2.75) is 52.1 Å². The lowest BCUT2D eigenvalue weighted by Gasteiger charge is -2.32. The molecule has 0 radical (unpaired) electrons. The van der Waals surface area contributed by atoms with E-state index < -0.39 is 11.4 Å². The summed E-state index contributed by atoms with van der Waals surface area (Å²) in [6.45, 7) is 8.47. The number of aromatic amines is 1. The fraction of sp³-hybridized carbons (Fsp3) is 0.435. The highest BCUT2D eigenvalue weighted by Crippen LogP contribution is 2.34. The fourth-order valence-electron chi connectivity index (χ4n) is 3.79. The summed E-state index contributed by atoms with van der Waals surface area (Å²) in [7, 11) is 0. The van der Waals surface area contributed by atoms with Gasteiger partial charge in [-0.2, -0.15) is 0 Å². The molecule has 1 aliphatic heterocycles. The number of benzene rings is 1. The number of nitrogens with one attached hydrogen (secondary N) is 2. The van der Waals surface area contributed by atoms with Gasteiger partial charge in [0.15, 0.2) is 5.82 Å². The van der Waals surface area contributed by atoms with Gasteiger partial charge in [0.2, 0.25) is 0 Å². The van der Waals surface area contributed by atoms with Crippen LogP contribution >= 0.6 is 22.9 Å². The predicted octanol–water partition coefficient (Wildman–Crippen LogP) is 4.82. The number of halogens is 1. The second-order valence-corrected chi connectivity index (χ2v) is 10.8. The monoisotopic (exact) mass is 519 g/mol. The standard InChI is InChI=1S/C23H26ClN5O5S/c1-12-17(19(30)26-16-11-14(24)5-6-15(16)18-27-21(31)34-28-18)35-20(25-12)13-7-9-29(10-8-13)22(32)33-23(2,3)4/h5-6,11,13H,7-10H2,1-4H3,(H,26,30)(H,27,28,31). The highest BCUT2D eigenvalue weighted by atomic mass is 35.5. The number of nitrogens with zero attached hydrogens (tertiary/aromatic N) is 3. The van der Waals surface area contributed by atoms with Gasteiger partial charge < -0.3 is 15.0 Å². The Morgan fingerprint density at radius 2 is 2.00 bits per heavy atom. The number of amides is 2. The minimum atomic E-state index is -0.701. The zero-order chi connectivity index (χ0) is 25.3. The average Bonchev–Trinajstić information content (AvgIpc) is 3.38. The zero-order valence-corrected chi connectivity index (χ0v) is 21.4. The number of aromatic nitrogens is 3. The van der Waals surface area contributed by atoms with Gasteiger partial charge >= 0.3 is 11.8 Å². The Hall–Kier alpha value is -3.18. The van der Waals surface area contributed by atoms with Crippen molar-refractivity contribution >= 4 is 40.6 Å². The number of likely N-dealkylation sites (tertiary alicyclic amines) is 1. The van der Waals surface area contributed by atoms with Gasteiger partial charge in [-0.25, -0.2) is 14.6 Å². The molecule has 0 saturated carbocycles. The van der Waals surface area contributed by atoms with E-state index in [1.807, 2.05) is 20.8 Å². The first-order chi connectivity index (χ1) is 16.5. The summed E-state index contributed by atoms with van der Waals surface area (Å²) in [5.74, 6) is -0.707. The fourth-order valence-corrected chi connectivity index (χ4v) is 5.09. The van der Waals surface area contributed by atoms with Gasteiger partial charge in [0.25, 0.3) is 5.91 Å². The first kappa shape index (κ1) is 24.9. The lowest BCUT2D eigenvalue weighted by Crippen LogP contribution is -2.41. The van der Waals surface area contributed by atoms with E-state index in [0.29, 0.717) is 39.9 Å². The molecule has 3 aromatic rings. The van der Waals surface area contributed by atoms with E-state index in [-0.39, 0.29) is 23.7 Å². The molecule has 4 rings (SSSR count). The number of carbonyl (C=O) groups is 2. The maximum Gasteiger partial charge on any atom is 0.439 e. The molecule has 0 aliphatic carbocycles. The second kappa shape index (κ2) is 9.82. The minimum Gasteiger partial charge on any atom is -0.444 e. The van der Waals surface area contributed by atoms with Crippen molar-refractivity contribution in [3.8, 4) is 11.4 Å². The molecule has 0 spiro atoms. The van der Waals surface area contributed by atoms with Crippen LogP contribution in [0.1, 0.15) is 59.9 Å². The van der Waals surface area contributed by atoms with Crippen molar-refractivity contribution in [3.05, 3.63) is 49.4 Å². The Bertz CT molecular complexity index is 1300. The van der Waals surface area contributed by atoms with E-state index in [4.69, 9.17) is 16.3 Å².